The first-order chi connectivity index (χ1) is 2.83. The molecule has 0 aromatic carbocycles. The van der Waals surface area contributed by atoms with Gasteiger partial charge in [0.05, 0.1) is 0 Å². The molecule has 0 spiro atoms. The molecule has 0 rings (SSSR count). The van der Waals surface area contributed by atoms with Crippen LogP contribution in [0.4, 0.5) is 0 Å². The molecule has 0 unspecified atom stereocenters. The summed E-state index contributed by atoms with van der Waals surface area (Å²) in [6.45, 7) is 1.93. The molecule has 0 aliphatic heterocycles. The quantitative estimate of drug-likeness (QED) is 0.165. The van der Waals surface area contributed by atoms with Gasteiger partial charge in [0.2, 0.25) is 0 Å². The zero-order chi connectivity index (χ0) is 5.41. The maximum absolute atomic E-state index is 7.57. The normalized spacial score (nSPS) is 3.71. The van der Waals surface area contributed by atoms with Gasteiger partial charge in [0, 0.05) is 6.61 Å². The Morgan fingerprint density at radius 1 is 1.57 bits per heavy atom. The summed E-state index contributed by atoms with van der Waals surface area (Å²) in [6.07, 6.45) is 0. The van der Waals surface area contributed by atoms with E-state index in [9.17, 15) is 0 Å². The minimum atomic E-state index is 0. The van der Waals surface area contributed by atoms with Crippen LogP contribution in [0.1, 0.15) is 6.92 Å². The van der Waals surface area contributed by atoms with Crippen molar-refractivity contribution in [2.24, 2.45) is 0 Å². The summed E-state index contributed by atoms with van der Waals surface area (Å²) in [5.74, 6) is 0. The average Bonchev–Trinajstić information content (AvgIpc) is 1.39. The van der Waals surface area contributed by atoms with Gasteiger partial charge in [0.15, 0.2) is 0 Å². The predicted octanol–water partition coefficient (Wildman–Crippen LogP) is -2.13. The minimum Gasteiger partial charge on any atom is -0.397 e. The third kappa shape index (κ3) is 1570. The Morgan fingerprint density at radius 2 is 1.57 bits per heavy atom. The second kappa shape index (κ2) is 33.8. The number of aliphatic hydroxyl groups is 1. The monoisotopic (exact) mass is 111 g/mol. The zero-order valence-corrected chi connectivity index (χ0v) is 6.50. The molecule has 1 N–H and O–H groups in total. The van der Waals surface area contributed by atoms with Crippen LogP contribution in [0.5, 0.6) is 0 Å². The Balaban J connectivity index is -0.0000000400. The van der Waals surface area contributed by atoms with Gasteiger partial charge in [0.25, 0.3) is 0 Å². The van der Waals surface area contributed by atoms with Gasteiger partial charge in [-0.05, 0) is 6.92 Å². The van der Waals surface area contributed by atoms with E-state index in [0.717, 1.165) is 0 Å². The summed E-state index contributed by atoms with van der Waals surface area (Å²) in [7, 11) is 0. The fraction of sp³-hybridized carbons (Fsp3) is 1.00. The number of aliphatic hydroxyl groups excluding tert-OH is 1. The molecule has 7 heavy (non-hydrogen) atoms. The topological polar surface area (TPSA) is 78.9 Å². The summed E-state index contributed by atoms with van der Waals surface area (Å²) >= 11 is 0. The Hall–Kier alpha value is 0.270. The summed E-state index contributed by atoms with van der Waals surface area (Å²) < 4.78 is 0. The van der Waals surface area contributed by atoms with E-state index in [2.05, 4.69) is 0 Å². The maximum atomic E-state index is 7.57. The van der Waals surface area contributed by atoms with Crippen molar-refractivity contribution in [3.63, 3.8) is 0 Å². The SMILES string of the molecule is CCO.[N-]=[N+]=[N-].[Na+]. The van der Waals surface area contributed by atoms with Gasteiger partial charge >= 0.3 is 29.6 Å². The van der Waals surface area contributed by atoms with E-state index in [1.165, 1.54) is 4.91 Å². The second-order valence-electron chi connectivity index (χ2n) is 0.406. The van der Waals surface area contributed by atoms with Crippen LogP contribution in [0.3, 0.4) is 0 Å². The van der Waals surface area contributed by atoms with Gasteiger partial charge in [-0.3, -0.25) is 4.91 Å². The molecule has 0 bridgehead atoms. The number of rotatable bonds is 0. The molecule has 0 aliphatic rings. The molecule has 0 saturated heterocycles. The smallest absolute Gasteiger partial charge is 0.397 e. The van der Waals surface area contributed by atoms with Crippen molar-refractivity contribution in [3.05, 3.63) is 16.0 Å². The molecule has 36 valence electrons. The summed E-state index contributed by atoms with van der Waals surface area (Å²) in [5, 5.41) is 7.57. The number of nitrogens with zero attached hydrogens (tertiary/aromatic N) is 3. The van der Waals surface area contributed by atoms with E-state index in [1.54, 1.807) is 6.92 Å². The van der Waals surface area contributed by atoms with Crippen LogP contribution in [-0.4, -0.2) is 11.7 Å². The summed E-state index contributed by atoms with van der Waals surface area (Å²) in [6, 6.07) is 0. The molecular formula is C2H6N3NaO. The molecule has 0 atom stereocenters. The van der Waals surface area contributed by atoms with Crippen LogP contribution in [0, 0.1) is 0 Å². The predicted molar refractivity (Wildman–Crippen MR) is 22.8 cm³/mol. The molecule has 0 saturated carbocycles. The first-order valence-electron chi connectivity index (χ1n) is 1.42. The fourth-order valence-electron chi connectivity index (χ4n) is 0. The Kier molecular flexibility index (Phi) is 75.7. The van der Waals surface area contributed by atoms with Crippen molar-refractivity contribution in [1.82, 2.24) is 0 Å². The number of hydrogen-bond donors (Lipinski definition) is 1. The Labute approximate surface area is 64.2 Å². The van der Waals surface area contributed by atoms with Crippen LogP contribution in [0.2, 0.25) is 0 Å². The van der Waals surface area contributed by atoms with Crippen LogP contribution < -0.4 is 29.6 Å². The maximum Gasteiger partial charge on any atom is 1.00 e. The summed E-state index contributed by atoms with van der Waals surface area (Å²) in [4.78, 5) is 1.50. The van der Waals surface area contributed by atoms with Gasteiger partial charge in [-0.15, -0.1) is 0 Å². The van der Waals surface area contributed by atoms with Crippen molar-refractivity contribution in [2.75, 3.05) is 6.61 Å². The molecule has 0 aromatic rings. The molecule has 5 heteroatoms. The molecule has 0 radical (unpaired) electrons. The van der Waals surface area contributed by atoms with Gasteiger partial charge in [0.1, 0.15) is 0 Å². The Morgan fingerprint density at radius 3 is 1.57 bits per heavy atom. The number of hydrogen-bond acceptors (Lipinski definition) is 1. The van der Waals surface area contributed by atoms with E-state index in [0.29, 0.717) is 0 Å². The van der Waals surface area contributed by atoms with Crippen molar-refractivity contribution < 1.29 is 34.7 Å². The zero-order valence-electron chi connectivity index (χ0n) is 4.50. The van der Waals surface area contributed by atoms with Gasteiger partial charge in [-0.1, -0.05) is 0 Å². The fourth-order valence-corrected chi connectivity index (χ4v) is 0. The van der Waals surface area contributed by atoms with Crippen molar-refractivity contribution in [2.45, 2.75) is 6.92 Å². The Bertz CT molecular complexity index is 42.2. The largest absolute Gasteiger partial charge is 1.00 e. The van der Waals surface area contributed by atoms with Gasteiger partial charge in [-0.2, -0.15) is 0 Å². The van der Waals surface area contributed by atoms with Crippen molar-refractivity contribution in [3.8, 4) is 0 Å². The average molecular weight is 111 g/mol. The van der Waals surface area contributed by atoms with Gasteiger partial charge < -0.3 is 16.2 Å². The van der Waals surface area contributed by atoms with E-state index >= 15 is 0 Å². The van der Waals surface area contributed by atoms with E-state index < -0.39 is 0 Å². The standard InChI is InChI=1S/C2H6O.N3.Na/c1-2-3;1-3-2;/h3H,2H2,1H3;;/q;-1;+1. The molecule has 4 nitrogen and oxygen atoms in total. The van der Waals surface area contributed by atoms with Crippen LogP contribution in [0.15, 0.2) is 0 Å². The van der Waals surface area contributed by atoms with E-state index in [1.807, 2.05) is 0 Å². The van der Waals surface area contributed by atoms with Gasteiger partial charge in [-0.25, -0.2) is 0 Å². The molecule has 0 heterocycles. The van der Waals surface area contributed by atoms with Crippen LogP contribution >= 0.6 is 0 Å². The third-order valence-electron chi connectivity index (χ3n) is 0. The minimum absolute atomic E-state index is 0. The van der Waals surface area contributed by atoms with Crippen LogP contribution in [-0.2, 0) is 0 Å². The molecular weight excluding hydrogens is 105 g/mol. The van der Waals surface area contributed by atoms with Crippen LogP contribution in [0.25, 0.3) is 16.0 Å². The summed E-state index contributed by atoms with van der Waals surface area (Å²) in [5.41, 5.74) is 13.5. The molecule has 0 aromatic heterocycles. The molecule has 0 amide bonds. The van der Waals surface area contributed by atoms with Crippen molar-refractivity contribution >= 4 is 0 Å². The molecule has 0 fully saturated rings. The van der Waals surface area contributed by atoms with Crippen molar-refractivity contribution in [1.29, 1.82) is 0 Å². The van der Waals surface area contributed by atoms with E-state index in [4.69, 9.17) is 16.2 Å². The first kappa shape index (κ1) is 15.7. The second-order valence-corrected chi connectivity index (χ2v) is 0.406. The first-order valence-corrected chi connectivity index (χ1v) is 1.42. The van der Waals surface area contributed by atoms with E-state index in [-0.39, 0.29) is 36.2 Å². The molecule has 0 aliphatic carbocycles. The third-order valence-corrected chi connectivity index (χ3v) is 0.